The minimum Gasteiger partial charge on any atom is -0.372 e. The average Bonchev–Trinajstić information content (AvgIpc) is 2.36. The Kier molecular flexibility index (Phi) is 1.47. The molecule has 2 nitrogen and oxygen atoms in total. The minimum absolute atomic E-state index is 0.698. The van der Waals surface area contributed by atoms with Crippen LogP contribution >= 0.6 is 15.9 Å². The SMILES string of the molecule is Brc1nccc2c1COC2. The Morgan fingerprint density at radius 1 is 1.50 bits per heavy atom. The van der Waals surface area contributed by atoms with E-state index in [4.69, 9.17) is 4.74 Å². The van der Waals surface area contributed by atoms with E-state index in [0.717, 1.165) is 11.2 Å². The second-order valence-corrected chi connectivity index (χ2v) is 2.98. The highest BCUT2D eigenvalue weighted by molar-refractivity contribution is 9.10. The first-order chi connectivity index (χ1) is 4.88. The maximum atomic E-state index is 5.23. The molecule has 1 aliphatic rings. The summed E-state index contributed by atoms with van der Waals surface area (Å²) in [7, 11) is 0. The molecule has 0 atom stereocenters. The quantitative estimate of drug-likeness (QED) is 0.596. The van der Waals surface area contributed by atoms with Gasteiger partial charge in [0.25, 0.3) is 0 Å². The van der Waals surface area contributed by atoms with Crippen LogP contribution in [0.4, 0.5) is 0 Å². The van der Waals surface area contributed by atoms with E-state index in [2.05, 4.69) is 20.9 Å². The maximum absolute atomic E-state index is 5.23. The van der Waals surface area contributed by atoms with Gasteiger partial charge >= 0.3 is 0 Å². The minimum atomic E-state index is 0.698. The van der Waals surface area contributed by atoms with Crippen molar-refractivity contribution in [3.8, 4) is 0 Å². The molecule has 0 aliphatic carbocycles. The molecule has 0 bridgehead atoms. The molecule has 0 saturated carbocycles. The van der Waals surface area contributed by atoms with Crippen LogP contribution in [0, 0.1) is 0 Å². The van der Waals surface area contributed by atoms with E-state index < -0.39 is 0 Å². The fourth-order valence-corrected chi connectivity index (χ4v) is 1.54. The molecule has 0 spiro atoms. The molecule has 0 unspecified atom stereocenters. The molecule has 52 valence electrons. The zero-order chi connectivity index (χ0) is 6.97. The normalized spacial score (nSPS) is 15.3. The number of nitrogens with zero attached hydrogens (tertiary/aromatic N) is 1. The van der Waals surface area contributed by atoms with Crippen LogP contribution in [0.5, 0.6) is 0 Å². The predicted molar refractivity (Wildman–Crippen MR) is 40.4 cm³/mol. The van der Waals surface area contributed by atoms with Crippen molar-refractivity contribution in [2.24, 2.45) is 0 Å². The molecule has 0 N–H and O–H groups in total. The third-order valence-electron chi connectivity index (χ3n) is 1.60. The third kappa shape index (κ3) is 0.859. The van der Waals surface area contributed by atoms with Gasteiger partial charge in [-0.1, -0.05) is 0 Å². The fourth-order valence-electron chi connectivity index (χ4n) is 1.05. The summed E-state index contributed by atoms with van der Waals surface area (Å²) in [5.74, 6) is 0. The highest BCUT2D eigenvalue weighted by Crippen LogP contribution is 2.24. The van der Waals surface area contributed by atoms with Gasteiger partial charge in [0.15, 0.2) is 0 Å². The monoisotopic (exact) mass is 199 g/mol. The Morgan fingerprint density at radius 2 is 2.40 bits per heavy atom. The summed E-state index contributed by atoms with van der Waals surface area (Å²) >= 11 is 3.36. The van der Waals surface area contributed by atoms with Gasteiger partial charge in [0.2, 0.25) is 0 Å². The largest absolute Gasteiger partial charge is 0.372 e. The van der Waals surface area contributed by atoms with Crippen LogP contribution in [0.1, 0.15) is 11.1 Å². The smallest absolute Gasteiger partial charge is 0.111 e. The van der Waals surface area contributed by atoms with Gasteiger partial charge in [-0.15, -0.1) is 0 Å². The zero-order valence-corrected chi connectivity index (χ0v) is 6.89. The summed E-state index contributed by atoms with van der Waals surface area (Å²) in [4.78, 5) is 4.09. The number of halogens is 1. The summed E-state index contributed by atoms with van der Waals surface area (Å²) in [6, 6.07) is 1.99. The zero-order valence-electron chi connectivity index (χ0n) is 5.30. The summed E-state index contributed by atoms with van der Waals surface area (Å²) in [6.07, 6.45) is 1.79. The van der Waals surface area contributed by atoms with Gasteiger partial charge in [0.1, 0.15) is 4.60 Å². The Labute approximate surface area is 67.4 Å². The Bertz CT molecular complexity index is 262. The first-order valence-electron chi connectivity index (χ1n) is 3.08. The number of ether oxygens (including phenoxy) is 1. The van der Waals surface area contributed by atoms with Crippen molar-refractivity contribution >= 4 is 15.9 Å². The van der Waals surface area contributed by atoms with Crippen LogP contribution in [0.25, 0.3) is 0 Å². The first-order valence-corrected chi connectivity index (χ1v) is 3.87. The van der Waals surface area contributed by atoms with E-state index in [1.165, 1.54) is 11.1 Å². The summed E-state index contributed by atoms with van der Waals surface area (Å²) in [5.41, 5.74) is 2.45. The molecule has 1 aliphatic heterocycles. The second-order valence-electron chi connectivity index (χ2n) is 2.23. The van der Waals surface area contributed by atoms with Crippen LogP contribution in [-0.4, -0.2) is 4.98 Å². The molecular weight excluding hydrogens is 194 g/mol. The topological polar surface area (TPSA) is 22.1 Å². The van der Waals surface area contributed by atoms with E-state index in [1.807, 2.05) is 6.07 Å². The van der Waals surface area contributed by atoms with Crippen LogP contribution in [0.15, 0.2) is 16.9 Å². The van der Waals surface area contributed by atoms with Crippen molar-refractivity contribution in [2.45, 2.75) is 13.2 Å². The molecule has 0 amide bonds. The van der Waals surface area contributed by atoms with Gasteiger partial charge in [-0.05, 0) is 27.6 Å². The van der Waals surface area contributed by atoms with E-state index in [1.54, 1.807) is 6.20 Å². The first kappa shape index (κ1) is 6.31. The van der Waals surface area contributed by atoms with Gasteiger partial charge in [-0.25, -0.2) is 4.98 Å². The molecule has 10 heavy (non-hydrogen) atoms. The number of pyridine rings is 1. The highest BCUT2D eigenvalue weighted by Gasteiger charge is 2.13. The van der Waals surface area contributed by atoms with Gasteiger partial charge in [-0.2, -0.15) is 0 Å². The van der Waals surface area contributed by atoms with E-state index in [9.17, 15) is 0 Å². The van der Waals surface area contributed by atoms with Crippen molar-refractivity contribution in [2.75, 3.05) is 0 Å². The van der Waals surface area contributed by atoms with Gasteiger partial charge in [0, 0.05) is 11.8 Å². The lowest BCUT2D eigenvalue weighted by molar-refractivity contribution is 0.134. The standard InChI is InChI=1S/C7H6BrNO/c8-7-6-4-10-3-5(6)1-2-9-7/h1-2H,3-4H2. The van der Waals surface area contributed by atoms with Crippen LogP contribution in [0.2, 0.25) is 0 Å². The van der Waals surface area contributed by atoms with Gasteiger partial charge in [0.05, 0.1) is 13.2 Å². The van der Waals surface area contributed by atoms with Crippen molar-refractivity contribution in [3.63, 3.8) is 0 Å². The number of aromatic nitrogens is 1. The Balaban J connectivity index is 2.59. The molecule has 3 heteroatoms. The van der Waals surface area contributed by atoms with E-state index >= 15 is 0 Å². The third-order valence-corrected chi connectivity index (χ3v) is 2.29. The predicted octanol–water partition coefficient (Wildman–Crippen LogP) is 1.87. The van der Waals surface area contributed by atoms with Gasteiger partial charge < -0.3 is 4.74 Å². The molecule has 2 heterocycles. The molecule has 0 aromatic carbocycles. The van der Waals surface area contributed by atoms with E-state index in [-0.39, 0.29) is 0 Å². The molecule has 0 fully saturated rings. The summed E-state index contributed by atoms with van der Waals surface area (Å²) in [5, 5.41) is 0. The lowest BCUT2D eigenvalue weighted by atomic mass is 10.2. The van der Waals surface area contributed by atoms with Crippen LogP contribution in [-0.2, 0) is 18.0 Å². The lowest BCUT2D eigenvalue weighted by Gasteiger charge is -1.95. The Morgan fingerprint density at radius 3 is 3.20 bits per heavy atom. The van der Waals surface area contributed by atoms with Gasteiger partial charge in [-0.3, -0.25) is 0 Å². The average molecular weight is 200 g/mol. The molecule has 1 aromatic heterocycles. The van der Waals surface area contributed by atoms with Crippen LogP contribution in [0.3, 0.4) is 0 Å². The lowest BCUT2D eigenvalue weighted by Crippen LogP contribution is -1.85. The van der Waals surface area contributed by atoms with Crippen molar-refractivity contribution in [3.05, 3.63) is 28.0 Å². The molecule has 2 rings (SSSR count). The number of rotatable bonds is 0. The molecule has 1 aromatic rings. The summed E-state index contributed by atoms with van der Waals surface area (Å²) < 4.78 is 6.14. The Hall–Kier alpha value is -0.410. The molecule has 0 saturated heterocycles. The van der Waals surface area contributed by atoms with Crippen molar-refractivity contribution < 1.29 is 4.74 Å². The van der Waals surface area contributed by atoms with E-state index in [0.29, 0.717) is 6.61 Å². The fraction of sp³-hybridized carbons (Fsp3) is 0.286. The number of hydrogen-bond donors (Lipinski definition) is 0. The molecule has 0 radical (unpaired) electrons. The maximum Gasteiger partial charge on any atom is 0.111 e. The van der Waals surface area contributed by atoms with Crippen LogP contribution < -0.4 is 0 Å². The summed E-state index contributed by atoms with van der Waals surface area (Å²) in [6.45, 7) is 1.43. The number of fused-ring (bicyclic) bond motifs is 1. The second kappa shape index (κ2) is 2.32. The van der Waals surface area contributed by atoms with Crippen molar-refractivity contribution in [1.82, 2.24) is 4.98 Å². The molecular formula is C7H6BrNO. The number of hydrogen-bond acceptors (Lipinski definition) is 2. The highest BCUT2D eigenvalue weighted by atomic mass is 79.9. The van der Waals surface area contributed by atoms with Crippen molar-refractivity contribution in [1.29, 1.82) is 0 Å².